The molecule has 0 spiro atoms. The second-order valence-corrected chi connectivity index (χ2v) is 6.44. The van der Waals surface area contributed by atoms with Gasteiger partial charge in [-0.1, -0.05) is 0 Å². The van der Waals surface area contributed by atoms with Crippen LogP contribution in [0.15, 0.2) is 12.3 Å². The number of carbonyl (C=O) groups is 2. The van der Waals surface area contributed by atoms with Gasteiger partial charge in [-0.2, -0.15) is 0 Å². The third-order valence-electron chi connectivity index (χ3n) is 3.27. The first-order valence-corrected chi connectivity index (χ1v) is 7.65. The lowest BCUT2D eigenvalue weighted by molar-refractivity contribution is 0.0213. The van der Waals surface area contributed by atoms with Gasteiger partial charge in [-0.05, 0) is 46.6 Å². The molecule has 22 heavy (non-hydrogen) atoms. The number of hydrogen-bond donors (Lipinski definition) is 1. The third-order valence-corrected chi connectivity index (χ3v) is 3.27. The Morgan fingerprint density at radius 2 is 2.05 bits per heavy atom. The van der Waals surface area contributed by atoms with E-state index in [4.69, 9.17) is 9.47 Å². The molecule has 0 aromatic carbocycles. The fraction of sp³-hybridized carbons (Fsp3) is 0.625. The highest BCUT2D eigenvalue weighted by atomic mass is 16.6. The Morgan fingerprint density at radius 1 is 1.36 bits per heavy atom. The lowest BCUT2D eigenvalue weighted by Gasteiger charge is -2.27. The van der Waals surface area contributed by atoms with Gasteiger partial charge in [0.1, 0.15) is 11.3 Å². The Morgan fingerprint density at radius 3 is 2.59 bits per heavy atom. The number of nitrogens with zero attached hydrogens (tertiary/aromatic N) is 1. The summed E-state index contributed by atoms with van der Waals surface area (Å²) in [5.41, 5.74) is 0.610. The van der Waals surface area contributed by atoms with Crippen molar-refractivity contribution in [3.8, 4) is 0 Å². The van der Waals surface area contributed by atoms with Gasteiger partial charge in [0.25, 0.3) is 0 Å². The van der Waals surface area contributed by atoms with Gasteiger partial charge in [0, 0.05) is 17.8 Å². The second-order valence-electron chi connectivity index (χ2n) is 6.44. The van der Waals surface area contributed by atoms with Crippen molar-refractivity contribution in [3.05, 3.63) is 23.5 Å². The SMILES string of the molecule is CCOC(=O)c1[nH]ccc1CN(C(=O)OC(C)(C)C)C1CC1. The molecule has 0 atom stereocenters. The second kappa shape index (κ2) is 6.42. The molecule has 1 aliphatic carbocycles. The molecule has 1 aliphatic rings. The molecule has 1 aromatic heterocycles. The van der Waals surface area contributed by atoms with E-state index in [1.54, 1.807) is 24.1 Å². The Labute approximate surface area is 130 Å². The number of aromatic amines is 1. The lowest BCUT2D eigenvalue weighted by atomic mass is 10.2. The van der Waals surface area contributed by atoms with Gasteiger partial charge in [-0.25, -0.2) is 9.59 Å². The molecule has 0 unspecified atom stereocenters. The van der Waals surface area contributed by atoms with Gasteiger partial charge in [0.2, 0.25) is 0 Å². The molecule has 1 N–H and O–H groups in total. The van der Waals surface area contributed by atoms with Gasteiger partial charge < -0.3 is 19.4 Å². The van der Waals surface area contributed by atoms with E-state index in [-0.39, 0.29) is 12.1 Å². The van der Waals surface area contributed by atoms with Crippen molar-refractivity contribution >= 4 is 12.1 Å². The van der Waals surface area contributed by atoms with Crippen LogP contribution in [0.1, 0.15) is 56.6 Å². The average molecular weight is 308 g/mol. The number of carbonyl (C=O) groups excluding carboxylic acids is 2. The van der Waals surface area contributed by atoms with E-state index in [2.05, 4.69) is 4.98 Å². The number of amides is 1. The molecule has 1 aromatic rings. The summed E-state index contributed by atoms with van der Waals surface area (Å²) >= 11 is 0. The van der Waals surface area contributed by atoms with E-state index in [1.165, 1.54) is 0 Å². The van der Waals surface area contributed by atoms with Crippen molar-refractivity contribution in [2.24, 2.45) is 0 Å². The molecule has 2 rings (SSSR count). The topological polar surface area (TPSA) is 71.6 Å². The van der Waals surface area contributed by atoms with E-state index in [9.17, 15) is 9.59 Å². The van der Waals surface area contributed by atoms with E-state index in [1.807, 2.05) is 20.8 Å². The van der Waals surface area contributed by atoms with Gasteiger partial charge in [0.05, 0.1) is 13.2 Å². The Balaban J connectivity index is 2.11. The molecule has 6 nitrogen and oxygen atoms in total. The maximum atomic E-state index is 12.4. The van der Waals surface area contributed by atoms with Crippen molar-refractivity contribution in [2.75, 3.05) is 6.61 Å². The third kappa shape index (κ3) is 4.26. The Hall–Kier alpha value is -1.98. The van der Waals surface area contributed by atoms with Crippen LogP contribution in [0.4, 0.5) is 4.79 Å². The van der Waals surface area contributed by atoms with Crippen LogP contribution in [0.25, 0.3) is 0 Å². The summed E-state index contributed by atoms with van der Waals surface area (Å²) in [6, 6.07) is 1.99. The van der Waals surface area contributed by atoms with Crippen LogP contribution < -0.4 is 0 Å². The first kappa shape index (κ1) is 16.4. The lowest BCUT2D eigenvalue weighted by Crippen LogP contribution is -2.38. The summed E-state index contributed by atoms with van der Waals surface area (Å²) in [6.45, 7) is 7.95. The fourth-order valence-corrected chi connectivity index (χ4v) is 2.16. The Kier molecular flexibility index (Phi) is 4.78. The maximum absolute atomic E-state index is 12.4. The van der Waals surface area contributed by atoms with Crippen LogP contribution in [0, 0.1) is 0 Å². The summed E-state index contributed by atoms with van der Waals surface area (Å²) in [7, 11) is 0. The van der Waals surface area contributed by atoms with E-state index >= 15 is 0 Å². The highest BCUT2D eigenvalue weighted by Gasteiger charge is 2.36. The number of nitrogens with one attached hydrogen (secondary N) is 1. The maximum Gasteiger partial charge on any atom is 0.410 e. The molecule has 6 heteroatoms. The van der Waals surface area contributed by atoms with Crippen LogP contribution >= 0.6 is 0 Å². The first-order chi connectivity index (χ1) is 10.3. The van der Waals surface area contributed by atoms with Crippen LogP contribution in [-0.4, -0.2) is 40.2 Å². The molecule has 1 heterocycles. The number of ether oxygens (including phenoxy) is 2. The monoisotopic (exact) mass is 308 g/mol. The molecule has 0 radical (unpaired) electrons. The van der Waals surface area contributed by atoms with Gasteiger partial charge in [-0.15, -0.1) is 0 Å². The predicted molar refractivity (Wildman–Crippen MR) is 81.5 cm³/mol. The number of aromatic nitrogens is 1. The van der Waals surface area contributed by atoms with E-state index in [0.29, 0.717) is 18.8 Å². The average Bonchev–Trinajstić information content (AvgIpc) is 3.12. The zero-order valence-corrected chi connectivity index (χ0v) is 13.6. The van der Waals surface area contributed by atoms with Crippen LogP contribution in [0.3, 0.4) is 0 Å². The highest BCUT2D eigenvalue weighted by molar-refractivity contribution is 5.89. The molecule has 1 amide bonds. The van der Waals surface area contributed by atoms with Crippen molar-refractivity contribution in [1.82, 2.24) is 9.88 Å². The summed E-state index contributed by atoms with van der Waals surface area (Å²) in [5.74, 6) is -0.401. The van der Waals surface area contributed by atoms with Gasteiger partial charge in [-0.3, -0.25) is 0 Å². The zero-order chi connectivity index (χ0) is 16.3. The van der Waals surface area contributed by atoms with E-state index in [0.717, 1.165) is 18.4 Å². The number of rotatable bonds is 5. The standard InChI is InChI=1S/C16H24N2O4/c1-5-21-14(19)13-11(8-9-17-13)10-18(12-6-7-12)15(20)22-16(2,3)4/h8-9,12,17H,5-7,10H2,1-4H3. The zero-order valence-electron chi connectivity index (χ0n) is 13.6. The number of H-pyrrole nitrogens is 1. The minimum atomic E-state index is -0.535. The molecular weight excluding hydrogens is 284 g/mol. The van der Waals surface area contributed by atoms with Crippen molar-refractivity contribution in [3.63, 3.8) is 0 Å². The van der Waals surface area contributed by atoms with Crippen molar-refractivity contribution in [1.29, 1.82) is 0 Å². The molecular formula is C16H24N2O4. The summed E-state index contributed by atoms with van der Waals surface area (Å²) in [6.07, 6.45) is 3.28. The quantitative estimate of drug-likeness (QED) is 0.848. The number of esters is 1. The van der Waals surface area contributed by atoms with Gasteiger partial charge >= 0.3 is 12.1 Å². The molecule has 122 valence electrons. The van der Waals surface area contributed by atoms with Gasteiger partial charge in [0.15, 0.2) is 0 Å². The highest BCUT2D eigenvalue weighted by Crippen LogP contribution is 2.30. The number of hydrogen-bond acceptors (Lipinski definition) is 4. The summed E-state index contributed by atoms with van der Waals surface area (Å²) < 4.78 is 10.5. The first-order valence-electron chi connectivity index (χ1n) is 7.65. The minimum Gasteiger partial charge on any atom is -0.461 e. The molecule has 1 saturated carbocycles. The van der Waals surface area contributed by atoms with Crippen molar-refractivity contribution < 1.29 is 19.1 Å². The van der Waals surface area contributed by atoms with Crippen LogP contribution in [0.5, 0.6) is 0 Å². The smallest absolute Gasteiger partial charge is 0.410 e. The largest absolute Gasteiger partial charge is 0.461 e. The normalized spacial score (nSPS) is 14.5. The van der Waals surface area contributed by atoms with E-state index < -0.39 is 11.6 Å². The Bertz CT molecular complexity index is 541. The molecule has 0 saturated heterocycles. The summed E-state index contributed by atoms with van der Waals surface area (Å²) in [4.78, 5) is 28.8. The van der Waals surface area contributed by atoms with Crippen molar-refractivity contribution in [2.45, 2.75) is 58.7 Å². The molecule has 0 bridgehead atoms. The molecule has 1 fully saturated rings. The summed E-state index contributed by atoms with van der Waals surface area (Å²) in [5, 5.41) is 0. The fourth-order valence-electron chi connectivity index (χ4n) is 2.16. The van der Waals surface area contributed by atoms with Crippen LogP contribution in [0.2, 0.25) is 0 Å². The molecule has 0 aliphatic heterocycles. The predicted octanol–water partition coefficient (Wildman–Crippen LogP) is 3.09. The van der Waals surface area contributed by atoms with Crippen LogP contribution in [-0.2, 0) is 16.0 Å². The minimum absolute atomic E-state index is 0.194.